The van der Waals surface area contributed by atoms with Crippen molar-refractivity contribution in [2.24, 2.45) is 0 Å². The van der Waals surface area contributed by atoms with E-state index in [1.807, 2.05) is 29.3 Å². The Labute approximate surface area is 153 Å². The van der Waals surface area contributed by atoms with Gasteiger partial charge < -0.3 is 15.0 Å². The van der Waals surface area contributed by atoms with E-state index in [0.29, 0.717) is 17.2 Å². The van der Waals surface area contributed by atoms with Gasteiger partial charge in [0.2, 0.25) is 0 Å². The first kappa shape index (κ1) is 17.0. The van der Waals surface area contributed by atoms with Gasteiger partial charge in [0, 0.05) is 61.5 Å². The van der Waals surface area contributed by atoms with Crippen LogP contribution in [-0.2, 0) is 13.0 Å². The number of benzene rings is 1. The molecule has 0 spiro atoms. The van der Waals surface area contributed by atoms with Gasteiger partial charge in [-0.3, -0.25) is 4.79 Å². The van der Waals surface area contributed by atoms with Crippen LogP contribution in [0.1, 0.15) is 46.2 Å². The number of hydrogen-bond donors (Lipinski definition) is 1. The van der Waals surface area contributed by atoms with Gasteiger partial charge >= 0.3 is 0 Å². The lowest BCUT2D eigenvalue weighted by Gasteiger charge is -2.31. The molecule has 2 aromatic rings. The van der Waals surface area contributed by atoms with Crippen LogP contribution in [0.3, 0.4) is 0 Å². The molecule has 0 saturated carbocycles. The number of aromatic nitrogens is 2. The van der Waals surface area contributed by atoms with Crippen LogP contribution in [0.5, 0.6) is 5.75 Å². The molecule has 0 radical (unpaired) electrons. The molecule has 4 rings (SSSR count). The van der Waals surface area contributed by atoms with Gasteiger partial charge in [-0.15, -0.1) is 0 Å². The SMILES string of the molecule is COc1cccc(C(=O)N2CCC(c3ncc4c(n3)CCNC4)CC2)c1. The summed E-state index contributed by atoms with van der Waals surface area (Å²) in [7, 11) is 1.61. The summed E-state index contributed by atoms with van der Waals surface area (Å²) in [6.07, 6.45) is 4.76. The fraction of sp³-hybridized carbons (Fsp3) is 0.450. The molecule has 6 heteroatoms. The predicted molar refractivity (Wildman–Crippen MR) is 98.3 cm³/mol. The third kappa shape index (κ3) is 3.42. The van der Waals surface area contributed by atoms with Gasteiger partial charge in [0.1, 0.15) is 11.6 Å². The molecular formula is C20H24N4O2. The van der Waals surface area contributed by atoms with Crippen molar-refractivity contribution in [3.8, 4) is 5.75 Å². The largest absolute Gasteiger partial charge is 0.497 e. The minimum absolute atomic E-state index is 0.0692. The summed E-state index contributed by atoms with van der Waals surface area (Å²) in [5.41, 5.74) is 3.08. The van der Waals surface area contributed by atoms with Crippen molar-refractivity contribution in [2.75, 3.05) is 26.7 Å². The summed E-state index contributed by atoms with van der Waals surface area (Å²) in [5.74, 6) is 2.06. The molecule has 136 valence electrons. The van der Waals surface area contributed by atoms with Crippen LogP contribution < -0.4 is 10.1 Å². The summed E-state index contributed by atoms with van der Waals surface area (Å²) < 4.78 is 5.22. The zero-order valence-corrected chi connectivity index (χ0v) is 15.1. The molecule has 0 unspecified atom stereocenters. The molecule has 1 fully saturated rings. The van der Waals surface area contributed by atoms with Crippen molar-refractivity contribution in [1.29, 1.82) is 0 Å². The van der Waals surface area contributed by atoms with Crippen molar-refractivity contribution in [2.45, 2.75) is 31.7 Å². The van der Waals surface area contributed by atoms with Crippen LogP contribution in [0.2, 0.25) is 0 Å². The van der Waals surface area contributed by atoms with E-state index >= 15 is 0 Å². The topological polar surface area (TPSA) is 67.3 Å². The van der Waals surface area contributed by atoms with Crippen LogP contribution >= 0.6 is 0 Å². The molecule has 1 aromatic heterocycles. The Hall–Kier alpha value is -2.47. The van der Waals surface area contributed by atoms with Crippen LogP contribution in [-0.4, -0.2) is 47.5 Å². The highest BCUT2D eigenvalue weighted by atomic mass is 16.5. The second kappa shape index (κ2) is 7.41. The molecule has 0 aliphatic carbocycles. The number of amides is 1. The summed E-state index contributed by atoms with van der Waals surface area (Å²) >= 11 is 0. The number of nitrogens with zero attached hydrogens (tertiary/aromatic N) is 3. The van der Waals surface area contributed by atoms with Gasteiger partial charge in [-0.1, -0.05) is 6.07 Å². The summed E-state index contributed by atoms with van der Waals surface area (Å²) in [6.45, 7) is 3.32. The third-order valence-corrected chi connectivity index (χ3v) is 5.29. The van der Waals surface area contributed by atoms with Gasteiger partial charge in [-0.25, -0.2) is 9.97 Å². The van der Waals surface area contributed by atoms with Gasteiger partial charge in [-0.05, 0) is 31.0 Å². The maximum Gasteiger partial charge on any atom is 0.253 e. The molecule has 2 aliphatic rings. The number of fused-ring (bicyclic) bond motifs is 1. The van der Waals surface area contributed by atoms with Crippen molar-refractivity contribution >= 4 is 5.91 Å². The Morgan fingerprint density at radius 1 is 1.31 bits per heavy atom. The zero-order chi connectivity index (χ0) is 17.9. The molecule has 2 aliphatic heterocycles. The Morgan fingerprint density at radius 2 is 2.15 bits per heavy atom. The van der Waals surface area contributed by atoms with Gasteiger partial charge in [0.05, 0.1) is 7.11 Å². The van der Waals surface area contributed by atoms with E-state index in [9.17, 15) is 4.79 Å². The monoisotopic (exact) mass is 352 g/mol. The Balaban J connectivity index is 1.41. The Morgan fingerprint density at radius 3 is 2.96 bits per heavy atom. The lowest BCUT2D eigenvalue weighted by atomic mass is 9.95. The summed E-state index contributed by atoms with van der Waals surface area (Å²) in [5, 5.41) is 3.35. The first-order chi connectivity index (χ1) is 12.7. The standard InChI is InChI=1S/C20H24N4O2/c1-26-17-4-2-3-15(11-17)20(25)24-9-6-14(7-10-24)19-22-13-16-12-21-8-5-18(16)23-19/h2-4,11,13-14,21H,5-10,12H2,1H3. The molecule has 1 aromatic carbocycles. The average molecular weight is 352 g/mol. The van der Waals surface area contributed by atoms with Gasteiger partial charge in [0.15, 0.2) is 0 Å². The van der Waals surface area contributed by atoms with Crippen molar-refractivity contribution in [3.05, 3.63) is 53.1 Å². The number of nitrogens with one attached hydrogen (secondary N) is 1. The summed E-state index contributed by atoms with van der Waals surface area (Å²) in [6, 6.07) is 7.35. The molecule has 3 heterocycles. The minimum atomic E-state index is 0.0692. The van der Waals surface area contributed by atoms with E-state index in [2.05, 4.69) is 10.3 Å². The number of methoxy groups -OCH3 is 1. The van der Waals surface area contributed by atoms with Crippen LogP contribution in [0.15, 0.2) is 30.5 Å². The van der Waals surface area contributed by atoms with Crippen molar-refractivity contribution in [3.63, 3.8) is 0 Å². The molecule has 26 heavy (non-hydrogen) atoms. The second-order valence-electron chi connectivity index (χ2n) is 6.93. The number of likely N-dealkylation sites (tertiary alicyclic amines) is 1. The van der Waals surface area contributed by atoms with E-state index in [4.69, 9.17) is 9.72 Å². The first-order valence-corrected chi connectivity index (χ1v) is 9.23. The fourth-order valence-corrected chi connectivity index (χ4v) is 3.73. The third-order valence-electron chi connectivity index (χ3n) is 5.29. The Kier molecular flexibility index (Phi) is 4.84. The molecular weight excluding hydrogens is 328 g/mol. The van der Waals surface area contributed by atoms with Crippen LogP contribution in [0.4, 0.5) is 0 Å². The average Bonchev–Trinajstić information content (AvgIpc) is 2.73. The van der Waals surface area contributed by atoms with Crippen LogP contribution in [0, 0.1) is 0 Å². The highest BCUT2D eigenvalue weighted by Gasteiger charge is 2.27. The predicted octanol–water partition coefficient (Wildman–Crippen LogP) is 2.15. The number of rotatable bonds is 3. The van der Waals surface area contributed by atoms with Crippen molar-refractivity contribution < 1.29 is 9.53 Å². The van der Waals surface area contributed by atoms with Gasteiger partial charge in [-0.2, -0.15) is 0 Å². The molecule has 0 atom stereocenters. The highest BCUT2D eigenvalue weighted by Crippen LogP contribution is 2.27. The molecule has 1 saturated heterocycles. The van der Waals surface area contributed by atoms with E-state index in [-0.39, 0.29) is 5.91 Å². The Bertz CT molecular complexity index is 800. The van der Waals surface area contributed by atoms with Gasteiger partial charge in [0.25, 0.3) is 5.91 Å². The highest BCUT2D eigenvalue weighted by molar-refractivity contribution is 5.94. The lowest BCUT2D eigenvalue weighted by molar-refractivity contribution is 0.0710. The zero-order valence-electron chi connectivity index (χ0n) is 15.1. The molecule has 1 amide bonds. The van der Waals surface area contributed by atoms with E-state index in [0.717, 1.165) is 51.3 Å². The normalized spacial score (nSPS) is 17.7. The van der Waals surface area contributed by atoms with Crippen LogP contribution in [0.25, 0.3) is 0 Å². The second-order valence-corrected chi connectivity index (χ2v) is 6.93. The maximum absolute atomic E-state index is 12.7. The summed E-state index contributed by atoms with van der Waals surface area (Å²) in [4.78, 5) is 24.1. The minimum Gasteiger partial charge on any atom is -0.497 e. The first-order valence-electron chi connectivity index (χ1n) is 9.23. The number of ether oxygens (including phenoxy) is 1. The van der Waals surface area contributed by atoms with E-state index in [1.54, 1.807) is 13.2 Å². The number of hydrogen-bond acceptors (Lipinski definition) is 5. The number of piperidine rings is 1. The number of carbonyl (C=O) groups excluding carboxylic acids is 1. The van der Waals surface area contributed by atoms with Crippen molar-refractivity contribution in [1.82, 2.24) is 20.2 Å². The fourth-order valence-electron chi connectivity index (χ4n) is 3.73. The molecule has 1 N–H and O–H groups in total. The molecule has 0 bridgehead atoms. The quantitative estimate of drug-likeness (QED) is 0.917. The van der Waals surface area contributed by atoms with E-state index < -0.39 is 0 Å². The molecule has 6 nitrogen and oxygen atoms in total. The number of carbonyl (C=O) groups is 1. The maximum atomic E-state index is 12.7. The lowest BCUT2D eigenvalue weighted by Crippen LogP contribution is -2.38. The van der Waals surface area contributed by atoms with E-state index in [1.165, 1.54) is 11.3 Å². The smallest absolute Gasteiger partial charge is 0.253 e.